The smallest absolute Gasteiger partial charge is 0.381 e. The average Bonchev–Trinajstić information content (AvgIpc) is 3.07. The molecule has 1 aromatic carbocycles. The largest absolute Gasteiger partial charge is 0.416 e. The van der Waals surface area contributed by atoms with Crippen LogP contribution in [0.5, 0.6) is 0 Å². The molecule has 0 saturated heterocycles. The van der Waals surface area contributed by atoms with Gasteiger partial charge in [-0.1, -0.05) is 0 Å². The summed E-state index contributed by atoms with van der Waals surface area (Å²) in [6.45, 7) is 4.92. The third-order valence-corrected chi connectivity index (χ3v) is 4.05. The maximum atomic E-state index is 12.7. The van der Waals surface area contributed by atoms with Gasteiger partial charge >= 0.3 is 6.18 Å². The van der Waals surface area contributed by atoms with Crippen molar-refractivity contribution in [2.24, 2.45) is 0 Å². The standard InChI is InChI=1S/C14H17F3N2/c1-9(2)19-12-4-3-10(14(15,16)17)7-11(12)18-8-13(19)5-6-13/h3-4,7,9,18H,5-6,8H2,1-2H3. The number of hydrogen-bond acceptors (Lipinski definition) is 2. The van der Waals surface area contributed by atoms with Crippen molar-refractivity contribution in [3.63, 3.8) is 0 Å². The Labute approximate surface area is 110 Å². The molecule has 0 unspecified atom stereocenters. The highest BCUT2D eigenvalue weighted by molar-refractivity contribution is 5.76. The van der Waals surface area contributed by atoms with Crippen molar-refractivity contribution in [2.75, 3.05) is 16.8 Å². The summed E-state index contributed by atoms with van der Waals surface area (Å²) in [4.78, 5) is 2.28. The van der Waals surface area contributed by atoms with Crippen LogP contribution >= 0.6 is 0 Å². The maximum Gasteiger partial charge on any atom is 0.416 e. The first kappa shape index (κ1) is 12.6. The fourth-order valence-electron chi connectivity index (χ4n) is 3.05. The number of halogens is 3. The van der Waals surface area contributed by atoms with Crippen LogP contribution in [0.2, 0.25) is 0 Å². The van der Waals surface area contributed by atoms with Crippen molar-refractivity contribution < 1.29 is 13.2 Å². The highest BCUT2D eigenvalue weighted by Gasteiger charge is 2.51. The summed E-state index contributed by atoms with van der Waals surface area (Å²) in [6, 6.07) is 4.29. The molecule has 1 N–H and O–H groups in total. The molecule has 104 valence electrons. The Morgan fingerprint density at radius 3 is 2.47 bits per heavy atom. The summed E-state index contributed by atoms with van der Waals surface area (Å²) in [6.07, 6.45) is -2.06. The Hall–Kier alpha value is -1.39. The molecule has 0 radical (unpaired) electrons. The lowest BCUT2D eigenvalue weighted by Crippen LogP contribution is -2.50. The van der Waals surface area contributed by atoms with Gasteiger partial charge < -0.3 is 10.2 Å². The van der Waals surface area contributed by atoms with Gasteiger partial charge in [0, 0.05) is 12.6 Å². The SMILES string of the molecule is CC(C)N1c2ccc(C(F)(F)F)cc2NCC12CC2. The minimum atomic E-state index is -4.28. The molecule has 3 rings (SSSR count). The van der Waals surface area contributed by atoms with E-state index in [9.17, 15) is 13.2 Å². The monoisotopic (exact) mass is 270 g/mol. The molecule has 1 aliphatic heterocycles. The molecule has 1 aromatic rings. The second-order valence-electron chi connectivity index (χ2n) is 5.77. The number of hydrogen-bond donors (Lipinski definition) is 1. The molecule has 1 heterocycles. The zero-order chi connectivity index (χ0) is 13.8. The first-order valence-corrected chi connectivity index (χ1v) is 6.58. The first-order valence-electron chi connectivity index (χ1n) is 6.58. The van der Waals surface area contributed by atoms with Gasteiger partial charge in [0.15, 0.2) is 0 Å². The minimum absolute atomic E-state index is 0.126. The molecular formula is C14H17F3N2. The Kier molecular flexibility index (Phi) is 2.53. The summed E-state index contributed by atoms with van der Waals surface area (Å²) in [5.74, 6) is 0. The molecule has 1 saturated carbocycles. The van der Waals surface area contributed by atoms with Crippen molar-refractivity contribution in [3.8, 4) is 0 Å². The molecule has 0 atom stereocenters. The quantitative estimate of drug-likeness (QED) is 0.833. The summed E-state index contributed by atoms with van der Waals surface area (Å²) < 4.78 is 38.2. The number of nitrogens with one attached hydrogen (secondary N) is 1. The fraction of sp³-hybridized carbons (Fsp3) is 0.571. The van der Waals surface area contributed by atoms with E-state index in [0.717, 1.165) is 25.1 Å². The van der Waals surface area contributed by atoms with Gasteiger partial charge in [0.1, 0.15) is 0 Å². The molecule has 0 amide bonds. The molecule has 0 bridgehead atoms. The molecule has 2 aliphatic rings. The van der Waals surface area contributed by atoms with Gasteiger partial charge in [0.25, 0.3) is 0 Å². The molecule has 1 spiro atoms. The zero-order valence-corrected chi connectivity index (χ0v) is 11.0. The van der Waals surface area contributed by atoms with Gasteiger partial charge in [-0.2, -0.15) is 13.2 Å². The highest BCUT2D eigenvalue weighted by Crippen LogP contribution is 2.51. The van der Waals surface area contributed by atoms with Crippen molar-refractivity contribution in [2.45, 2.75) is 44.4 Å². The second-order valence-corrected chi connectivity index (χ2v) is 5.77. The third-order valence-electron chi connectivity index (χ3n) is 4.05. The molecule has 19 heavy (non-hydrogen) atoms. The van der Waals surface area contributed by atoms with Crippen LogP contribution < -0.4 is 10.2 Å². The summed E-state index contributed by atoms with van der Waals surface area (Å²) in [5.41, 5.74) is 1.03. The Morgan fingerprint density at radius 2 is 1.95 bits per heavy atom. The molecule has 5 heteroatoms. The lowest BCUT2D eigenvalue weighted by atomic mass is 10.0. The van der Waals surface area contributed by atoms with Gasteiger partial charge in [0.2, 0.25) is 0 Å². The van der Waals surface area contributed by atoms with Crippen LogP contribution in [0.4, 0.5) is 24.5 Å². The number of alkyl halides is 3. The van der Waals surface area contributed by atoms with Crippen LogP contribution in [0, 0.1) is 0 Å². The van der Waals surface area contributed by atoms with Crippen molar-refractivity contribution >= 4 is 11.4 Å². The Bertz CT molecular complexity index is 504. The average molecular weight is 270 g/mol. The predicted molar refractivity (Wildman–Crippen MR) is 69.5 cm³/mol. The minimum Gasteiger partial charge on any atom is -0.381 e. The topological polar surface area (TPSA) is 15.3 Å². The summed E-state index contributed by atoms with van der Waals surface area (Å²) in [5, 5.41) is 3.17. The van der Waals surface area contributed by atoms with E-state index < -0.39 is 11.7 Å². The van der Waals surface area contributed by atoms with Crippen molar-refractivity contribution in [1.82, 2.24) is 0 Å². The number of rotatable bonds is 1. The van der Waals surface area contributed by atoms with Crippen LogP contribution in [0.3, 0.4) is 0 Å². The van der Waals surface area contributed by atoms with Crippen LogP contribution in [0.15, 0.2) is 18.2 Å². The molecule has 2 nitrogen and oxygen atoms in total. The van der Waals surface area contributed by atoms with E-state index in [1.54, 1.807) is 6.07 Å². The Morgan fingerprint density at radius 1 is 1.26 bits per heavy atom. The van der Waals surface area contributed by atoms with Gasteiger partial charge in [-0.15, -0.1) is 0 Å². The normalized spacial score (nSPS) is 20.4. The van der Waals surface area contributed by atoms with Crippen molar-refractivity contribution in [1.29, 1.82) is 0 Å². The van der Waals surface area contributed by atoms with Crippen LogP contribution in [0.25, 0.3) is 0 Å². The summed E-state index contributed by atoms with van der Waals surface area (Å²) in [7, 11) is 0. The number of benzene rings is 1. The number of nitrogens with zero attached hydrogens (tertiary/aromatic N) is 1. The summed E-state index contributed by atoms with van der Waals surface area (Å²) >= 11 is 0. The van der Waals surface area contributed by atoms with Gasteiger partial charge in [-0.05, 0) is 44.9 Å². The van der Waals surface area contributed by atoms with Crippen molar-refractivity contribution in [3.05, 3.63) is 23.8 Å². The van der Waals surface area contributed by atoms with E-state index in [0.29, 0.717) is 11.7 Å². The lowest BCUT2D eigenvalue weighted by Gasteiger charge is -2.43. The van der Waals surface area contributed by atoms with Gasteiger partial charge in [-0.3, -0.25) is 0 Å². The van der Waals surface area contributed by atoms with E-state index in [2.05, 4.69) is 24.1 Å². The van der Waals surface area contributed by atoms with Crippen LogP contribution in [-0.2, 0) is 6.18 Å². The lowest BCUT2D eigenvalue weighted by molar-refractivity contribution is -0.137. The molecule has 1 aliphatic carbocycles. The van der Waals surface area contributed by atoms with Gasteiger partial charge in [0.05, 0.1) is 22.5 Å². The Balaban J connectivity index is 2.04. The fourth-order valence-corrected chi connectivity index (χ4v) is 3.05. The van der Waals surface area contributed by atoms with E-state index in [4.69, 9.17) is 0 Å². The number of anilines is 2. The third kappa shape index (κ3) is 1.95. The maximum absolute atomic E-state index is 12.7. The van der Waals surface area contributed by atoms with Gasteiger partial charge in [-0.25, -0.2) is 0 Å². The first-order chi connectivity index (χ1) is 8.83. The van der Waals surface area contributed by atoms with Crippen LogP contribution in [-0.4, -0.2) is 18.1 Å². The van der Waals surface area contributed by atoms with E-state index in [-0.39, 0.29) is 5.54 Å². The molecule has 0 aromatic heterocycles. The predicted octanol–water partition coefficient (Wildman–Crippen LogP) is 3.88. The van der Waals surface area contributed by atoms with E-state index in [1.165, 1.54) is 12.1 Å². The number of fused-ring (bicyclic) bond motifs is 1. The van der Waals surface area contributed by atoms with Crippen LogP contribution in [0.1, 0.15) is 32.3 Å². The highest BCUT2D eigenvalue weighted by atomic mass is 19.4. The van der Waals surface area contributed by atoms with E-state index >= 15 is 0 Å². The van der Waals surface area contributed by atoms with E-state index in [1.807, 2.05) is 0 Å². The zero-order valence-electron chi connectivity index (χ0n) is 11.0. The second kappa shape index (κ2) is 3.81. The molecule has 1 fully saturated rings. The molecular weight excluding hydrogens is 253 g/mol.